The predicted octanol–water partition coefficient (Wildman–Crippen LogP) is 7.04. The third kappa shape index (κ3) is 4.83. The van der Waals surface area contributed by atoms with Gasteiger partial charge in [0.15, 0.2) is 0 Å². The van der Waals surface area contributed by atoms with Crippen molar-refractivity contribution in [1.82, 2.24) is 0 Å². The first kappa shape index (κ1) is 21.8. The van der Waals surface area contributed by atoms with Gasteiger partial charge in [-0.05, 0) is 71.9 Å². The van der Waals surface area contributed by atoms with E-state index >= 15 is 0 Å². The topological polar surface area (TPSA) is 32.3 Å². The Kier molecular flexibility index (Phi) is 6.48. The number of hydrogen-bond donors (Lipinski definition) is 1. The van der Waals surface area contributed by atoms with E-state index in [1.54, 1.807) is 0 Å². The molecule has 1 aliphatic heterocycles. The minimum Gasteiger partial charge on any atom is -0.382 e. The third-order valence-electron chi connectivity index (χ3n) is 7.58. The molecule has 0 bridgehead atoms. The van der Waals surface area contributed by atoms with Crippen molar-refractivity contribution >= 4 is 17.3 Å². The molecule has 33 heavy (non-hydrogen) atoms. The first-order valence-electron chi connectivity index (χ1n) is 12.5. The molecule has 170 valence electrons. The number of benzene rings is 3. The Morgan fingerprint density at radius 2 is 1.64 bits per heavy atom. The molecule has 1 aliphatic carbocycles. The molecular weight excluding hydrogens is 404 g/mol. The standard InChI is InChI=1S/C30H34N2O/c1-2-22-8-10-24(11-9-22)25-12-14-26(15-13-25)27-16-17-28-29(21-27)32(19-18-31-28)30(33)20-23-6-4-3-5-7-23/h3-7,12-17,21-22,24,31H,2,8-11,18-20H2,1H3. The van der Waals surface area contributed by atoms with E-state index in [1.165, 1.54) is 43.2 Å². The van der Waals surface area contributed by atoms with Gasteiger partial charge >= 0.3 is 0 Å². The summed E-state index contributed by atoms with van der Waals surface area (Å²) in [6.07, 6.45) is 7.13. The fourth-order valence-corrected chi connectivity index (χ4v) is 5.48. The lowest BCUT2D eigenvalue weighted by Gasteiger charge is -2.31. The second kappa shape index (κ2) is 9.82. The smallest absolute Gasteiger partial charge is 0.231 e. The maximum Gasteiger partial charge on any atom is 0.231 e. The fraction of sp³-hybridized carbons (Fsp3) is 0.367. The Morgan fingerprint density at radius 3 is 2.36 bits per heavy atom. The summed E-state index contributed by atoms with van der Waals surface area (Å²) >= 11 is 0. The summed E-state index contributed by atoms with van der Waals surface area (Å²) in [5.74, 6) is 1.79. The molecule has 5 rings (SSSR count). The van der Waals surface area contributed by atoms with Crippen molar-refractivity contribution in [2.45, 2.75) is 51.4 Å². The second-order valence-electron chi connectivity index (χ2n) is 9.61. The zero-order chi connectivity index (χ0) is 22.6. The Labute approximate surface area is 197 Å². The zero-order valence-electron chi connectivity index (χ0n) is 19.6. The largest absolute Gasteiger partial charge is 0.382 e. The van der Waals surface area contributed by atoms with Crippen molar-refractivity contribution in [3.8, 4) is 11.1 Å². The molecule has 1 fully saturated rings. The summed E-state index contributed by atoms with van der Waals surface area (Å²) < 4.78 is 0. The Hall–Kier alpha value is -3.07. The summed E-state index contributed by atoms with van der Waals surface area (Å²) in [5.41, 5.74) is 6.94. The van der Waals surface area contributed by atoms with E-state index in [2.05, 4.69) is 54.7 Å². The number of amides is 1. The van der Waals surface area contributed by atoms with E-state index in [9.17, 15) is 4.79 Å². The van der Waals surface area contributed by atoms with Crippen LogP contribution in [0.5, 0.6) is 0 Å². The highest BCUT2D eigenvalue weighted by atomic mass is 16.2. The van der Waals surface area contributed by atoms with Crippen LogP contribution in [-0.2, 0) is 11.2 Å². The normalized spacial score (nSPS) is 20.1. The van der Waals surface area contributed by atoms with Gasteiger partial charge in [0.25, 0.3) is 0 Å². The van der Waals surface area contributed by atoms with Crippen molar-refractivity contribution in [3.05, 3.63) is 83.9 Å². The lowest BCUT2D eigenvalue weighted by molar-refractivity contribution is -0.118. The first-order valence-corrected chi connectivity index (χ1v) is 12.5. The van der Waals surface area contributed by atoms with E-state index in [-0.39, 0.29) is 5.91 Å². The average molecular weight is 439 g/mol. The third-order valence-corrected chi connectivity index (χ3v) is 7.58. The van der Waals surface area contributed by atoms with E-state index in [1.807, 2.05) is 35.2 Å². The van der Waals surface area contributed by atoms with Crippen molar-refractivity contribution in [3.63, 3.8) is 0 Å². The van der Waals surface area contributed by atoms with Crippen molar-refractivity contribution in [2.24, 2.45) is 5.92 Å². The molecule has 3 aromatic carbocycles. The molecule has 0 saturated heterocycles. The van der Waals surface area contributed by atoms with E-state index in [0.717, 1.165) is 35.0 Å². The molecule has 2 aliphatic rings. The minimum absolute atomic E-state index is 0.152. The summed E-state index contributed by atoms with van der Waals surface area (Å²) in [4.78, 5) is 15.1. The molecule has 1 heterocycles. The lowest BCUT2D eigenvalue weighted by atomic mass is 9.77. The van der Waals surface area contributed by atoms with Crippen LogP contribution in [0.15, 0.2) is 72.8 Å². The highest BCUT2D eigenvalue weighted by molar-refractivity contribution is 5.99. The van der Waals surface area contributed by atoms with Gasteiger partial charge in [0.1, 0.15) is 0 Å². The first-order chi connectivity index (χ1) is 16.2. The molecule has 1 N–H and O–H groups in total. The fourth-order valence-electron chi connectivity index (χ4n) is 5.48. The van der Waals surface area contributed by atoms with Crippen LogP contribution < -0.4 is 10.2 Å². The Morgan fingerprint density at radius 1 is 0.909 bits per heavy atom. The molecule has 1 amide bonds. The molecule has 3 aromatic rings. The van der Waals surface area contributed by atoms with Gasteiger partial charge in [-0.2, -0.15) is 0 Å². The Bertz CT molecular complexity index is 1080. The van der Waals surface area contributed by atoms with Crippen LogP contribution in [0.2, 0.25) is 0 Å². The Balaban J connectivity index is 1.34. The molecule has 0 radical (unpaired) electrons. The summed E-state index contributed by atoms with van der Waals surface area (Å²) in [6.45, 7) is 3.80. The predicted molar refractivity (Wildman–Crippen MR) is 138 cm³/mol. The number of fused-ring (bicyclic) bond motifs is 1. The van der Waals surface area contributed by atoms with Crippen LogP contribution in [0.1, 0.15) is 56.1 Å². The summed E-state index contributed by atoms with van der Waals surface area (Å²) in [7, 11) is 0. The molecule has 0 atom stereocenters. The number of nitrogens with zero attached hydrogens (tertiary/aromatic N) is 1. The van der Waals surface area contributed by atoms with Gasteiger partial charge in [-0.3, -0.25) is 4.79 Å². The zero-order valence-corrected chi connectivity index (χ0v) is 19.6. The van der Waals surface area contributed by atoms with Gasteiger partial charge in [-0.1, -0.05) is 74.0 Å². The van der Waals surface area contributed by atoms with Crippen LogP contribution in [0, 0.1) is 5.92 Å². The molecule has 1 saturated carbocycles. The quantitative estimate of drug-likeness (QED) is 0.463. The maximum absolute atomic E-state index is 13.1. The van der Waals surface area contributed by atoms with Crippen molar-refractivity contribution in [1.29, 1.82) is 0 Å². The second-order valence-corrected chi connectivity index (χ2v) is 9.61. The van der Waals surface area contributed by atoms with Gasteiger partial charge in [-0.15, -0.1) is 0 Å². The number of rotatable bonds is 5. The number of anilines is 2. The van der Waals surface area contributed by atoms with E-state index < -0.39 is 0 Å². The van der Waals surface area contributed by atoms with E-state index in [4.69, 9.17) is 0 Å². The van der Waals surface area contributed by atoms with Gasteiger partial charge in [0.05, 0.1) is 17.8 Å². The summed E-state index contributed by atoms with van der Waals surface area (Å²) in [5, 5.41) is 3.46. The van der Waals surface area contributed by atoms with Crippen LogP contribution in [-0.4, -0.2) is 19.0 Å². The summed E-state index contributed by atoms with van der Waals surface area (Å²) in [6, 6.07) is 25.6. The highest BCUT2D eigenvalue weighted by Crippen LogP contribution is 2.38. The van der Waals surface area contributed by atoms with Gasteiger partial charge in [0, 0.05) is 13.1 Å². The molecule has 0 aromatic heterocycles. The molecule has 3 heteroatoms. The molecule has 0 spiro atoms. The number of hydrogen-bond acceptors (Lipinski definition) is 2. The highest BCUT2D eigenvalue weighted by Gasteiger charge is 2.24. The molecule has 0 unspecified atom stereocenters. The number of carbonyl (C=O) groups is 1. The lowest BCUT2D eigenvalue weighted by Crippen LogP contribution is -2.39. The van der Waals surface area contributed by atoms with Gasteiger partial charge in [-0.25, -0.2) is 0 Å². The van der Waals surface area contributed by atoms with Crippen LogP contribution in [0.25, 0.3) is 11.1 Å². The number of nitrogens with one attached hydrogen (secondary N) is 1. The maximum atomic E-state index is 13.1. The van der Waals surface area contributed by atoms with Gasteiger partial charge < -0.3 is 10.2 Å². The van der Waals surface area contributed by atoms with Crippen molar-refractivity contribution in [2.75, 3.05) is 23.3 Å². The SMILES string of the molecule is CCC1CCC(c2ccc(-c3ccc4c(c3)N(C(=O)Cc3ccccc3)CCN4)cc2)CC1. The van der Waals surface area contributed by atoms with Gasteiger partial charge in [0.2, 0.25) is 5.91 Å². The van der Waals surface area contributed by atoms with Crippen LogP contribution in [0.4, 0.5) is 11.4 Å². The van der Waals surface area contributed by atoms with Crippen LogP contribution >= 0.6 is 0 Å². The monoisotopic (exact) mass is 438 g/mol. The minimum atomic E-state index is 0.152. The van der Waals surface area contributed by atoms with E-state index in [0.29, 0.717) is 18.9 Å². The number of carbonyl (C=O) groups excluding carboxylic acids is 1. The average Bonchev–Trinajstić information content (AvgIpc) is 2.89. The van der Waals surface area contributed by atoms with Crippen LogP contribution in [0.3, 0.4) is 0 Å². The molecule has 3 nitrogen and oxygen atoms in total. The molecular formula is C30H34N2O. The van der Waals surface area contributed by atoms with Crippen molar-refractivity contribution < 1.29 is 4.79 Å².